The summed E-state index contributed by atoms with van der Waals surface area (Å²) in [4.78, 5) is 25.1. The van der Waals surface area contributed by atoms with Crippen molar-refractivity contribution in [3.63, 3.8) is 0 Å². The van der Waals surface area contributed by atoms with Gasteiger partial charge in [0.25, 0.3) is 5.91 Å². The number of anilines is 1. The number of hydrogen-bond acceptors (Lipinski definition) is 5. The molecule has 2 heterocycles. The molecule has 0 spiro atoms. The number of aromatic nitrogens is 2. The zero-order chi connectivity index (χ0) is 14.1. The monoisotopic (exact) mass is 289 g/mol. The SMILES string of the molecule is O=C(O)c1snnc1C(=O)N1CCCc2ccccc21. The van der Waals surface area contributed by atoms with Crippen LogP contribution in [0.25, 0.3) is 0 Å². The standard InChI is InChI=1S/C13H11N3O3S/c17-12(10-11(13(18)19)20-15-14-10)16-7-3-5-8-4-1-2-6-9(8)16/h1-2,4,6H,3,5,7H2,(H,18,19). The average molecular weight is 289 g/mol. The second-order valence-electron chi connectivity index (χ2n) is 4.44. The molecule has 6 nitrogen and oxygen atoms in total. The van der Waals surface area contributed by atoms with E-state index >= 15 is 0 Å². The molecule has 2 aromatic rings. The molecule has 1 N–H and O–H groups in total. The molecule has 0 fully saturated rings. The number of carbonyl (C=O) groups is 2. The summed E-state index contributed by atoms with van der Waals surface area (Å²) in [5.41, 5.74) is 1.83. The van der Waals surface area contributed by atoms with Gasteiger partial charge in [0.2, 0.25) is 0 Å². The minimum atomic E-state index is -1.17. The summed E-state index contributed by atoms with van der Waals surface area (Å²) in [6.45, 7) is 0.562. The van der Waals surface area contributed by atoms with Gasteiger partial charge in [-0.2, -0.15) is 0 Å². The summed E-state index contributed by atoms with van der Waals surface area (Å²) in [6.07, 6.45) is 1.77. The number of hydrogen-bond donors (Lipinski definition) is 1. The van der Waals surface area contributed by atoms with Gasteiger partial charge in [-0.1, -0.05) is 22.7 Å². The van der Waals surface area contributed by atoms with Gasteiger partial charge < -0.3 is 10.0 Å². The molecular formula is C13H11N3O3S. The third kappa shape index (κ3) is 2.05. The first kappa shape index (κ1) is 12.7. The van der Waals surface area contributed by atoms with Crippen molar-refractivity contribution in [1.82, 2.24) is 9.59 Å². The van der Waals surface area contributed by atoms with E-state index in [0.717, 1.165) is 35.6 Å². The molecule has 1 aliphatic rings. The number of amides is 1. The number of rotatable bonds is 2. The van der Waals surface area contributed by atoms with Crippen molar-refractivity contribution in [3.05, 3.63) is 40.4 Å². The molecule has 0 saturated heterocycles. The fraction of sp³-hybridized carbons (Fsp3) is 0.231. The van der Waals surface area contributed by atoms with Gasteiger partial charge in [0, 0.05) is 12.2 Å². The lowest BCUT2D eigenvalue weighted by Gasteiger charge is -2.28. The molecule has 1 aromatic heterocycles. The van der Waals surface area contributed by atoms with Crippen LogP contribution in [0.5, 0.6) is 0 Å². The van der Waals surface area contributed by atoms with Crippen molar-refractivity contribution in [2.24, 2.45) is 0 Å². The molecule has 7 heteroatoms. The van der Waals surface area contributed by atoms with E-state index in [1.165, 1.54) is 0 Å². The maximum atomic E-state index is 12.5. The predicted octanol–water partition coefficient (Wildman–Crippen LogP) is 1.83. The number of aryl methyl sites for hydroxylation is 1. The number of carboxylic acids is 1. The molecule has 0 radical (unpaired) electrons. The number of fused-ring (bicyclic) bond motifs is 1. The predicted molar refractivity (Wildman–Crippen MR) is 73.3 cm³/mol. The first-order valence-corrected chi connectivity index (χ1v) is 6.91. The summed E-state index contributed by atoms with van der Waals surface area (Å²) in [5.74, 6) is -1.57. The highest BCUT2D eigenvalue weighted by Crippen LogP contribution is 2.28. The van der Waals surface area contributed by atoms with Gasteiger partial charge in [-0.3, -0.25) is 4.79 Å². The normalized spacial score (nSPS) is 13.9. The average Bonchev–Trinajstić information content (AvgIpc) is 2.95. The topological polar surface area (TPSA) is 83.4 Å². The van der Waals surface area contributed by atoms with Crippen LogP contribution in [-0.2, 0) is 6.42 Å². The maximum absolute atomic E-state index is 12.5. The maximum Gasteiger partial charge on any atom is 0.350 e. The first-order valence-electron chi connectivity index (χ1n) is 6.14. The van der Waals surface area contributed by atoms with Crippen molar-refractivity contribution in [2.45, 2.75) is 12.8 Å². The Morgan fingerprint density at radius 1 is 1.30 bits per heavy atom. The highest BCUT2D eigenvalue weighted by atomic mass is 32.1. The van der Waals surface area contributed by atoms with Gasteiger partial charge in [0.05, 0.1) is 0 Å². The van der Waals surface area contributed by atoms with Crippen LogP contribution in [0.3, 0.4) is 0 Å². The Morgan fingerprint density at radius 2 is 2.10 bits per heavy atom. The Kier molecular flexibility index (Phi) is 3.19. The highest BCUT2D eigenvalue weighted by molar-refractivity contribution is 7.08. The van der Waals surface area contributed by atoms with Crippen LogP contribution < -0.4 is 4.90 Å². The Labute approximate surface area is 118 Å². The number of benzene rings is 1. The molecule has 20 heavy (non-hydrogen) atoms. The van der Waals surface area contributed by atoms with Crippen LogP contribution in [0.1, 0.15) is 32.1 Å². The molecule has 102 valence electrons. The minimum Gasteiger partial charge on any atom is -0.477 e. The van der Waals surface area contributed by atoms with E-state index in [1.54, 1.807) is 4.90 Å². The van der Waals surface area contributed by atoms with Crippen molar-refractivity contribution in [1.29, 1.82) is 0 Å². The van der Waals surface area contributed by atoms with Crippen LogP contribution in [0.15, 0.2) is 24.3 Å². The molecule has 0 aliphatic carbocycles. The van der Waals surface area contributed by atoms with E-state index in [4.69, 9.17) is 5.11 Å². The van der Waals surface area contributed by atoms with E-state index in [0.29, 0.717) is 6.54 Å². The number of para-hydroxylation sites is 1. The third-order valence-electron chi connectivity index (χ3n) is 3.24. The van der Waals surface area contributed by atoms with E-state index in [-0.39, 0.29) is 10.6 Å². The number of carboxylic acid groups (broad SMARTS) is 1. The lowest BCUT2D eigenvalue weighted by atomic mass is 10.0. The molecule has 0 atom stereocenters. The summed E-state index contributed by atoms with van der Waals surface area (Å²) in [5, 5.41) is 12.7. The Balaban J connectivity index is 2.00. The number of aromatic carboxylic acids is 1. The van der Waals surface area contributed by atoms with E-state index in [2.05, 4.69) is 9.59 Å². The third-order valence-corrected chi connectivity index (χ3v) is 3.95. The second-order valence-corrected chi connectivity index (χ2v) is 5.20. The minimum absolute atomic E-state index is 0.0841. The van der Waals surface area contributed by atoms with Gasteiger partial charge in [0.15, 0.2) is 10.6 Å². The Bertz CT molecular complexity index is 683. The highest BCUT2D eigenvalue weighted by Gasteiger charge is 2.29. The van der Waals surface area contributed by atoms with Gasteiger partial charge in [-0.15, -0.1) is 5.10 Å². The molecule has 1 aromatic carbocycles. The van der Waals surface area contributed by atoms with E-state index in [1.807, 2.05) is 24.3 Å². The molecule has 0 bridgehead atoms. The molecule has 3 rings (SSSR count). The van der Waals surface area contributed by atoms with E-state index < -0.39 is 11.9 Å². The summed E-state index contributed by atoms with van der Waals surface area (Å²) < 4.78 is 3.58. The van der Waals surface area contributed by atoms with Crippen molar-refractivity contribution < 1.29 is 14.7 Å². The summed E-state index contributed by atoms with van der Waals surface area (Å²) in [6, 6.07) is 7.64. The van der Waals surface area contributed by atoms with Crippen LogP contribution in [0.4, 0.5) is 5.69 Å². The lowest BCUT2D eigenvalue weighted by Crippen LogP contribution is -2.36. The van der Waals surface area contributed by atoms with E-state index in [9.17, 15) is 9.59 Å². The number of carbonyl (C=O) groups excluding carboxylic acids is 1. The van der Waals surface area contributed by atoms with Gasteiger partial charge in [-0.25, -0.2) is 4.79 Å². The smallest absolute Gasteiger partial charge is 0.350 e. The van der Waals surface area contributed by atoms with Crippen LogP contribution in [-0.4, -0.2) is 33.1 Å². The molecule has 0 saturated carbocycles. The first-order chi connectivity index (χ1) is 9.68. The Morgan fingerprint density at radius 3 is 2.90 bits per heavy atom. The zero-order valence-corrected chi connectivity index (χ0v) is 11.3. The summed E-state index contributed by atoms with van der Waals surface area (Å²) >= 11 is 0.723. The molecule has 1 amide bonds. The van der Waals surface area contributed by atoms with Crippen molar-refractivity contribution in [3.8, 4) is 0 Å². The van der Waals surface area contributed by atoms with Gasteiger partial charge in [-0.05, 0) is 36.0 Å². The van der Waals surface area contributed by atoms with Gasteiger partial charge >= 0.3 is 5.97 Å². The Hall–Kier alpha value is -2.28. The molecule has 0 unspecified atom stereocenters. The second kappa shape index (κ2) is 5.01. The largest absolute Gasteiger partial charge is 0.477 e. The fourth-order valence-corrected chi connectivity index (χ4v) is 2.84. The van der Waals surface area contributed by atoms with Crippen LogP contribution >= 0.6 is 11.5 Å². The van der Waals surface area contributed by atoms with Gasteiger partial charge in [0.1, 0.15) is 0 Å². The molecule has 1 aliphatic heterocycles. The lowest BCUT2D eigenvalue weighted by molar-refractivity contribution is 0.0697. The number of nitrogens with zero attached hydrogens (tertiary/aromatic N) is 3. The van der Waals surface area contributed by atoms with Crippen LogP contribution in [0.2, 0.25) is 0 Å². The summed E-state index contributed by atoms with van der Waals surface area (Å²) in [7, 11) is 0. The zero-order valence-electron chi connectivity index (χ0n) is 10.4. The quantitative estimate of drug-likeness (QED) is 0.911. The molecular weight excluding hydrogens is 278 g/mol. The van der Waals surface area contributed by atoms with Crippen molar-refractivity contribution >= 4 is 29.1 Å². The van der Waals surface area contributed by atoms with Crippen LogP contribution in [0, 0.1) is 0 Å². The fourth-order valence-electron chi connectivity index (χ4n) is 2.34. The van der Waals surface area contributed by atoms with Crippen molar-refractivity contribution in [2.75, 3.05) is 11.4 Å².